The Bertz CT molecular complexity index is 223. The summed E-state index contributed by atoms with van der Waals surface area (Å²) in [5, 5.41) is 3.86. The molecular weight excluding hydrogens is 198 g/mol. The van der Waals surface area contributed by atoms with E-state index in [1.807, 2.05) is 0 Å². The molecule has 1 heterocycles. The van der Waals surface area contributed by atoms with Gasteiger partial charge in [0.2, 0.25) is 0 Å². The second-order valence-corrected chi connectivity index (χ2v) is 5.95. The third-order valence-corrected chi connectivity index (χ3v) is 4.84. The van der Waals surface area contributed by atoms with Gasteiger partial charge in [0.15, 0.2) is 0 Å². The zero-order chi connectivity index (χ0) is 11.6. The molecule has 2 rings (SSSR count). The quantitative estimate of drug-likeness (QED) is 0.797. The summed E-state index contributed by atoms with van der Waals surface area (Å²) in [5.74, 6) is 0.989. The summed E-state index contributed by atoms with van der Waals surface area (Å²) >= 11 is 0. The van der Waals surface area contributed by atoms with Crippen LogP contribution >= 0.6 is 0 Å². The van der Waals surface area contributed by atoms with Crippen molar-refractivity contribution in [3.8, 4) is 0 Å². The molecule has 0 aromatic rings. The minimum absolute atomic E-state index is 0.226. The van der Waals surface area contributed by atoms with E-state index in [2.05, 4.69) is 26.1 Å². The molecule has 2 fully saturated rings. The van der Waals surface area contributed by atoms with Crippen molar-refractivity contribution in [3.05, 3.63) is 0 Å². The maximum absolute atomic E-state index is 5.69. The van der Waals surface area contributed by atoms with Gasteiger partial charge in [-0.15, -0.1) is 0 Å². The molecule has 94 valence electrons. The summed E-state index contributed by atoms with van der Waals surface area (Å²) in [4.78, 5) is 0. The van der Waals surface area contributed by atoms with Crippen LogP contribution in [0, 0.1) is 5.92 Å². The highest BCUT2D eigenvalue weighted by molar-refractivity contribution is 4.96. The van der Waals surface area contributed by atoms with Crippen LogP contribution in [-0.4, -0.2) is 24.3 Å². The molecule has 0 radical (unpaired) electrons. The molecule has 2 aliphatic rings. The van der Waals surface area contributed by atoms with Gasteiger partial charge in [-0.2, -0.15) is 0 Å². The van der Waals surface area contributed by atoms with E-state index in [0.717, 1.165) is 18.6 Å². The summed E-state index contributed by atoms with van der Waals surface area (Å²) in [5.41, 5.74) is 0.226. The fourth-order valence-corrected chi connectivity index (χ4v) is 3.21. The van der Waals surface area contributed by atoms with Crippen LogP contribution in [-0.2, 0) is 4.74 Å². The van der Waals surface area contributed by atoms with Crippen LogP contribution in [0.4, 0.5) is 0 Å². The average Bonchev–Trinajstić information content (AvgIpc) is 2.60. The Hall–Kier alpha value is -0.0800. The number of hydrogen-bond acceptors (Lipinski definition) is 2. The minimum atomic E-state index is 0.226. The van der Waals surface area contributed by atoms with E-state index >= 15 is 0 Å². The van der Waals surface area contributed by atoms with Crippen molar-refractivity contribution in [2.45, 2.75) is 77.0 Å². The molecule has 0 amide bonds. The van der Waals surface area contributed by atoms with Crippen LogP contribution in [0.2, 0.25) is 0 Å². The maximum Gasteiger partial charge on any atom is 0.0726 e. The molecule has 0 aromatic heterocycles. The standard InChI is InChI=1S/C14H27NO/c1-4-12-5-7-13(8-6-12)15-14(3)9-10-16-11(14)2/h11-13,15H,4-10H2,1-3H3. The van der Waals surface area contributed by atoms with Gasteiger partial charge in [0.25, 0.3) is 0 Å². The lowest BCUT2D eigenvalue weighted by atomic mass is 9.82. The molecule has 0 spiro atoms. The molecule has 0 bridgehead atoms. The number of rotatable bonds is 3. The summed E-state index contributed by atoms with van der Waals surface area (Å²) in [6.45, 7) is 7.79. The van der Waals surface area contributed by atoms with Gasteiger partial charge in [-0.3, -0.25) is 0 Å². The fourth-order valence-electron chi connectivity index (χ4n) is 3.21. The molecule has 1 N–H and O–H groups in total. The lowest BCUT2D eigenvalue weighted by molar-refractivity contribution is 0.0800. The SMILES string of the molecule is CCC1CCC(NC2(C)CCOC2C)CC1. The van der Waals surface area contributed by atoms with Crippen LogP contribution in [0.3, 0.4) is 0 Å². The minimum Gasteiger partial charge on any atom is -0.377 e. The first-order valence-corrected chi connectivity index (χ1v) is 7.03. The van der Waals surface area contributed by atoms with E-state index < -0.39 is 0 Å². The third kappa shape index (κ3) is 2.60. The lowest BCUT2D eigenvalue weighted by Gasteiger charge is -2.37. The molecule has 2 heteroatoms. The molecule has 0 aromatic carbocycles. The smallest absolute Gasteiger partial charge is 0.0726 e. The predicted molar refractivity (Wildman–Crippen MR) is 67.6 cm³/mol. The number of hydrogen-bond donors (Lipinski definition) is 1. The van der Waals surface area contributed by atoms with Gasteiger partial charge in [0, 0.05) is 18.2 Å². The van der Waals surface area contributed by atoms with Crippen molar-refractivity contribution in [1.29, 1.82) is 0 Å². The van der Waals surface area contributed by atoms with E-state index in [1.165, 1.54) is 38.5 Å². The summed E-state index contributed by atoms with van der Waals surface area (Å²) in [6.07, 6.45) is 8.46. The van der Waals surface area contributed by atoms with Crippen LogP contribution in [0.15, 0.2) is 0 Å². The Balaban J connectivity index is 1.82. The summed E-state index contributed by atoms with van der Waals surface area (Å²) < 4.78 is 5.69. The predicted octanol–water partition coefficient (Wildman–Crippen LogP) is 3.11. The molecule has 2 atom stereocenters. The molecule has 1 saturated heterocycles. The van der Waals surface area contributed by atoms with Crippen molar-refractivity contribution in [1.82, 2.24) is 5.32 Å². The third-order valence-electron chi connectivity index (χ3n) is 4.84. The van der Waals surface area contributed by atoms with E-state index in [4.69, 9.17) is 4.74 Å². The Morgan fingerprint density at radius 1 is 1.25 bits per heavy atom. The highest BCUT2D eigenvalue weighted by Gasteiger charge is 2.38. The van der Waals surface area contributed by atoms with Crippen molar-refractivity contribution in [2.75, 3.05) is 6.61 Å². The molecular formula is C14H27NO. The number of nitrogens with one attached hydrogen (secondary N) is 1. The lowest BCUT2D eigenvalue weighted by Crippen LogP contribution is -2.53. The summed E-state index contributed by atoms with van der Waals surface area (Å²) in [6, 6.07) is 0.733. The molecule has 2 nitrogen and oxygen atoms in total. The van der Waals surface area contributed by atoms with E-state index in [-0.39, 0.29) is 5.54 Å². The molecule has 16 heavy (non-hydrogen) atoms. The van der Waals surface area contributed by atoms with Gasteiger partial charge in [0.05, 0.1) is 6.10 Å². The monoisotopic (exact) mass is 225 g/mol. The van der Waals surface area contributed by atoms with E-state index in [0.29, 0.717) is 6.10 Å². The second-order valence-electron chi connectivity index (χ2n) is 5.95. The summed E-state index contributed by atoms with van der Waals surface area (Å²) in [7, 11) is 0. The molecule has 1 aliphatic heterocycles. The van der Waals surface area contributed by atoms with Gasteiger partial charge in [-0.1, -0.05) is 13.3 Å². The van der Waals surface area contributed by atoms with Gasteiger partial charge in [0.1, 0.15) is 0 Å². The highest BCUT2D eigenvalue weighted by atomic mass is 16.5. The van der Waals surface area contributed by atoms with E-state index in [9.17, 15) is 0 Å². The van der Waals surface area contributed by atoms with Crippen molar-refractivity contribution in [2.24, 2.45) is 5.92 Å². The first kappa shape index (κ1) is 12.4. The highest BCUT2D eigenvalue weighted by Crippen LogP contribution is 2.31. The molecule has 1 saturated carbocycles. The first-order chi connectivity index (χ1) is 7.64. The fraction of sp³-hybridized carbons (Fsp3) is 1.00. The van der Waals surface area contributed by atoms with Crippen LogP contribution < -0.4 is 5.32 Å². The normalized spacial score (nSPS) is 44.8. The topological polar surface area (TPSA) is 21.3 Å². The Morgan fingerprint density at radius 2 is 1.94 bits per heavy atom. The molecule has 1 aliphatic carbocycles. The van der Waals surface area contributed by atoms with Crippen LogP contribution in [0.1, 0.15) is 59.3 Å². The average molecular weight is 225 g/mol. The largest absolute Gasteiger partial charge is 0.377 e. The second kappa shape index (κ2) is 5.05. The Kier molecular flexibility index (Phi) is 3.91. The van der Waals surface area contributed by atoms with Crippen molar-refractivity contribution < 1.29 is 4.74 Å². The molecule has 2 unspecified atom stereocenters. The van der Waals surface area contributed by atoms with E-state index in [1.54, 1.807) is 0 Å². The zero-order valence-corrected chi connectivity index (χ0v) is 11.1. The van der Waals surface area contributed by atoms with Crippen LogP contribution in [0.25, 0.3) is 0 Å². The van der Waals surface area contributed by atoms with Gasteiger partial charge in [-0.25, -0.2) is 0 Å². The first-order valence-electron chi connectivity index (χ1n) is 7.03. The van der Waals surface area contributed by atoms with Crippen molar-refractivity contribution in [3.63, 3.8) is 0 Å². The van der Waals surface area contributed by atoms with Crippen molar-refractivity contribution >= 4 is 0 Å². The van der Waals surface area contributed by atoms with Gasteiger partial charge in [-0.05, 0) is 51.9 Å². The van der Waals surface area contributed by atoms with Gasteiger partial charge < -0.3 is 10.1 Å². The maximum atomic E-state index is 5.69. The van der Waals surface area contributed by atoms with Gasteiger partial charge >= 0.3 is 0 Å². The Labute approximate surface area is 100 Å². The zero-order valence-electron chi connectivity index (χ0n) is 11.1. The Morgan fingerprint density at radius 3 is 2.44 bits per heavy atom. The van der Waals surface area contributed by atoms with Crippen LogP contribution in [0.5, 0.6) is 0 Å². The number of ether oxygens (including phenoxy) is 1.